The van der Waals surface area contributed by atoms with Crippen LogP contribution in [0.3, 0.4) is 0 Å². The Kier molecular flexibility index (Phi) is 3.42. The Morgan fingerprint density at radius 2 is 2.05 bits per heavy atom. The molecule has 3 rings (SSSR count). The molecule has 0 unspecified atom stereocenters. The molecule has 0 radical (unpaired) electrons. The van der Waals surface area contributed by atoms with Crippen molar-refractivity contribution in [2.24, 2.45) is 0 Å². The third kappa shape index (κ3) is 2.39. The van der Waals surface area contributed by atoms with Crippen LogP contribution >= 0.6 is 0 Å². The van der Waals surface area contributed by atoms with Crippen molar-refractivity contribution in [2.75, 3.05) is 13.7 Å². The van der Waals surface area contributed by atoms with E-state index in [1.807, 2.05) is 24.4 Å². The van der Waals surface area contributed by atoms with Crippen LogP contribution in [0.1, 0.15) is 16.8 Å². The van der Waals surface area contributed by atoms with Gasteiger partial charge in [-0.15, -0.1) is 0 Å². The maximum absolute atomic E-state index is 5.19. The van der Waals surface area contributed by atoms with E-state index in [1.54, 1.807) is 7.11 Å². The van der Waals surface area contributed by atoms with Crippen molar-refractivity contribution < 1.29 is 4.74 Å². The summed E-state index contributed by atoms with van der Waals surface area (Å²) in [5.41, 5.74) is 4.60. The third-order valence-corrected chi connectivity index (χ3v) is 3.73. The minimum absolute atomic E-state index is 0.860. The van der Waals surface area contributed by atoms with Gasteiger partial charge in [0.25, 0.3) is 0 Å². The third-order valence-electron chi connectivity index (χ3n) is 3.73. The van der Waals surface area contributed by atoms with Gasteiger partial charge in [0.2, 0.25) is 0 Å². The first-order valence-corrected chi connectivity index (χ1v) is 6.79. The molecule has 1 aromatic heterocycles. The Balaban J connectivity index is 1.77. The number of fused-ring (bicyclic) bond motifs is 1. The fourth-order valence-electron chi connectivity index (χ4n) is 2.57. The SMILES string of the molecule is C=C1c2ncccc2CCN1Cc1ccc(OC)cc1. The maximum atomic E-state index is 5.19. The highest BCUT2D eigenvalue weighted by Gasteiger charge is 2.20. The van der Waals surface area contributed by atoms with Gasteiger partial charge in [-0.25, -0.2) is 0 Å². The fourth-order valence-corrected chi connectivity index (χ4v) is 2.57. The number of hydrogen-bond acceptors (Lipinski definition) is 3. The van der Waals surface area contributed by atoms with Crippen LogP contribution in [0.4, 0.5) is 0 Å². The highest BCUT2D eigenvalue weighted by Crippen LogP contribution is 2.27. The zero-order valence-electron chi connectivity index (χ0n) is 11.7. The largest absolute Gasteiger partial charge is 0.497 e. The van der Waals surface area contributed by atoms with Gasteiger partial charge in [0.1, 0.15) is 5.75 Å². The number of methoxy groups -OCH3 is 1. The van der Waals surface area contributed by atoms with Gasteiger partial charge in [-0.05, 0) is 35.7 Å². The van der Waals surface area contributed by atoms with Crippen molar-refractivity contribution >= 4 is 5.70 Å². The number of aromatic nitrogens is 1. The average molecular weight is 266 g/mol. The van der Waals surface area contributed by atoms with E-state index in [9.17, 15) is 0 Å². The Labute approximate surface area is 119 Å². The predicted octanol–water partition coefficient (Wildman–Crippen LogP) is 3.12. The van der Waals surface area contributed by atoms with Gasteiger partial charge in [0, 0.05) is 19.3 Å². The van der Waals surface area contributed by atoms with Crippen LogP contribution in [0, 0.1) is 0 Å². The molecule has 0 bridgehead atoms. The van der Waals surface area contributed by atoms with Crippen molar-refractivity contribution in [3.8, 4) is 5.75 Å². The first-order chi connectivity index (χ1) is 9.78. The predicted molar refractivity (Wildman–Crippen MR) is 80.4 cm³/mol. The molecule has 2 aromatic rings. The van der Waals surface area contributed by atoms with Crippen LogP contribution in [-0.4, -0.2) is 23.5 Å². The topological polar surface area (TPSA) is 25.4 Å². The zero-order chi connectivity index (χ0) is 13.9. The molecule has 0 saturated heterocycles. The van der Waals surface area contributed by atoms with E-state index in [0.717, 1.165) is 36.7 Å². The van der Waals surface area contributed by atoms with Crippen LogP contribution in [0.2, 0.25) is 0 Å². The molecule has 3 nitrogen and oxygen atoms in total. The molecule has 0 spiro atoms. The molecular formula is C17H18N2O. The van der Waals surface area contributed by atoms with Gasteiger partial charge in [0.15, 0.2) is 0 Å². The number of nitrogens with zero attached hydrogens (tertiary/aromatic N) is 2. The summed E-state index contributed by atoms with van der Waals surface area (Å²) in [6, 6.07) is 12.3. The van der Waals surface area contributed by atoms with E-state index in [1.165, 1.54) is 11.1 Å². The zero-order valence-corrected chi connectivity index (χ0v) is 11.7. The summed E-state index contributed by atoms with van der Waals surface area (Å²) in [5, 5.41) is 0. The molecule has 0 saturated carbocycles. The minimum Gasteiger partial charge on any atom is -0.497 e. The number of pyridine rings is 1. The number of rotatable bonds is 3. The summed E-state index contributed by atoms with van der Waals surface area (Å²) < 4.78 is 5.19. The lowest BCUT2D eigenvalue weighted by molar-refractivity contribution is 0.381. The number of benzene rings is 1. The molecule has 20 heavy (non-hydrogen) atoms. The second kappa shape index (κ2) is 5.37. The summed E-state index contributed by atoms with van der Waals surface area (Å²) in [6.45, 7) is 6.06. The number of hydrogen-bond donors (Lipinski definition) is 0. The van der Waals surface area contributed by atoms with Crippen LogP contribution in [0.15, 0.2) is 49.2 Å². The second-order valence-corrected chi connectivity index (χ2v) is 4.98. The van der Waals surface area contributed by atoms with Crippen LogP contribution < -0.4 is 4.74 Å². The van der Waals surface area contributed by atoms with Gasteiger partial charge in [-0.3, -0.25) is 4.98 Å². The molecule has 2 heterocycles. The van der Waals surface area contributed by atoms with Gasteiger partial charge in [0.05, 0.1) is 18.5 Å². The fraction of sp³-hybridized carbons (Fsp3) is 0.235. The standard InChI is InChI=1S/C17H18N2O/c1-13-17-15(4-3-10-18-17)9-11-19(13)12-14-5-7-16(20-2)8-6-14/h3-8,10H,1,9,11-12H2,2H3. The summed E-state index contributed by atoms with van der Waals surface area (Å²) >= 11 is 0. The van der Waals surface area contributed by atoms with Crippen molar-refractivity contribution in [3.63, 3.8) is 0 Å². The smallest absolute Gasteiger partial charge is 0.118 e. The van der Waals surface area contributed by atoms with Gasteiger partial charge < -0.3 is 9.64 Å². The first kappa shape index (κ1) is 12.7. The van der Waals surface area contributed by atoms with Crippen LogP contribution in [-0.2, 0) is 13.0 Å². The highest BCUT2D eigenvalue weighted by atomic mass is 16.5. The molecule has 0 fully saturated rings. The average Bonchev–Trinajstić information content (AvgIpc) is 2.51. The lowest BCUT2D eigenvalue weighted by Crippen LogP contribution is -2.29. The summed E-state index contributed by atoms with van der Waals surface area (Å²) in [6.07, 6.45) is 2.86. The van der Waals surface area contributed by atoms with Crippen molar-refractivity contribution in [3.05, 3.63) is 66.0 Å². The molecule has 1 aromatic carbocycles. The molecule has 1 aliphatic rings. The van der Waals surface area contributed by atoms with Crippen LogP contribution in [0.5, 0.6) is 5.75 Å². The number of ether oxygens (including phenoxy) is 1. The van der Waals surface area contributed by atoms with E-state index in [2.05, 4.69) is 34.7 Å². The lowest BCUT2D eigenvalue weighted by atomic mass is 10.0. The molecule has 0 N–H and O–H groups in total. The van der Waals surface area contributed by atoms with Gasteiger partial charge in [-0.2, -0.15) is 0 Å². The molecule has 0 amide bonds. The quantitative estimate of drug-likeness (QED) is 0.853. The van der Waals surface area contributed by atoms with E-state index >= 15 is 0 Å². The molecule has 0 aliphatic carbocycles. The highest BCUT2D eigenvalue weighted by molar-refractivity contribution is 5.63. The molecule has 0 atom stereocenters. The van der Waals surface area contributed by atoms with Gasteiger partial charge in [-0.1, -0.05) is 24.8 Å². The van der Waals surface area contributed by atoms with E-state index < -0.39 is 0 Å². The van der Waals surface area contributed by atoms with Crippen molar-refractivity contribution in [2.45, 2.75) is 13.0 Å². The Morgan fingerprint density at radius 1 is 1.25 bits per heavy atom. The molecular weight excluding hydrogens is 248 g/mol. The second-order valence-electron chi connectivity index (χ2n) is 4.98. The van der Waals surface area contributed by atoms with Gasteiger partial charge >= 0.3 is 0 Å². The van der Waals surface area contributed by atoms with E-state index in [4.69, 9.17) is 4.74 Å². The summed E-state index contributed by atoms with van der Waals surface area (Å²) in [4.78, 5) is 6.75. The summed E-state index contributed by atoms with van der Waals surface area (Å²) in [5.74, 6) is 0.887. The Morgan fingerprint density at radius 3 is 2.80 bits per heavy atom. The minimum atomic E-state index is 0.860. The summed E-state index contributed by atoms with van der Waals surface area (Å²) in [7, 11) is 1.68. The normalized spacial score (nSPS) is 14.1. The monoisotopic (exact) mass is 266 g/mol. The van der Waals surface area contributed by atoms with E-state index in [0.29, 0.717) is 0 Å². The maximum Gasteiger partial charge on any atom is 0.118 e. The molecule has 3 heteroatoms. The molecule has 102 valence electrons. The first-order valence-electron chi connectivity index (χ1n) is 6.79. The van der Waals surface area contributed by atoms with Crippen LogP contribution in [0.25, 0.3) is 5.70 Å². The Bertz CT molecular complexity index is 619. The van der Waals surface area contributed by atoms with Crippen molar-refractivity contribution in [1.29, 1.82) is 0 Å². The molecule has 1 aliphatic heterocycles. The lowest BCUT2D eigenvalue weighted by Gasteiger charge is -2.31. The van der Waals surface area contributed by atoms with E-state index in [-0.39, 0.29) is 0 Å². The van der Waals surface area contributed by atoms with Crippen molar-refractivity contribution in [1.82, 2.24) is 9.88 Å². The Hall–Kier alpha value is -2.29.